The highest BCUT2D eigenvalue weighted by atomic mass is 19.4. The number of halogens is 3. The van der Waals surface area contributed by atoms with Gasteiger partial charge in [0.05, 0.1) is 6.10 Å². The molecule has 1 aliphatic rings. The van der Waals surface area contributed by atoms with Gasteiger partial charge in [-0.2, -0.15) is 0 Å². The minimum atomic E-state index is -4.81. The lowest BCUT2D eigenvalue weighted by Crippen LogP contribution is -2.38. The van der Waals surface area contributed by atoms with E-state index in [9.17, 15) is 12.9 Å². The first-order valence-electron chi connectivity index (χ1n) is 6.12. The van der Waals surface area contributed by atoms with E-state index in [1.165, 1.54) is 0 Å². The van der Waals surface area contributed by atoms with Crippen molar-refractivity contribution in [3.8, 4) is 0 Å². The van der Waals surface area contributed by atoms with Gasteiger partial charge < -0.3 is 17.7 Å². The van der Waals surface area contributed by atoms with E-state index in [4.69, 9.17) is 4.74 Å². The molecule has 96 valence electrons. The molecule has 1 saturated carbocycles. The van der Waals surface area contributed by atoms with Crippen LogP contribution in [0.5, 0.6) is 0 Å². The Morgan fingerprint density at radius 1 is 1.25 bits per heavy atom. The molecule has 0 aromatic carbocycles. The largest absolute Gasteiger partial charge is 0.503 e. The summed E-state index contributed by atoms with van der Waals surface area (Å²) in [6.07, 6.45) is 2.68. The van der Waals surface area contributed by atoms with Crippen molar-refractivity contribution in [2.45, 2.75) is 46.1 Å². The lowest BCUT2D eigenvalue weighted by molar-refractivity contribution is -0.0278. The summed E-state index contributed by atoms with van der Waals surface area (Å²) < 4.78 is 41.6. The van der Waals surface area contributed by atoms with Gasteiger partial charge in [0.15, 0.2) is 0 Å². The zero-order chi connectivity index (χ0) is 12.3. The first-order valence-corrected chi connectivity index (χ1v) is 6.12. The molecule has 0 amide bonds. The average molecular weight is 237 g/mol. The molecule has 0 unspecified atom stereocenters. The van der Waals surface area contributed by atoms with Gasteiger partial charge in [0.2, 0.25) is 0 Å². The summed E-state index contributed by atoms with van der Waals surface area (Å²) in [5, 5.41) is 0. The van der Waals surface area contributed by atoms with Crippen molar-refractivity contribution < 1.29 is 17.7 Å². The van der Waals surface area contributed by atoms with Crippen LogP contribution in [0.25, 0.3) is 0 Å². The van der Waals surface area contributed by atoms with E-state index in [0.29, 0.717) is 11.8 Å². The molecule has 0 spiro atoms. The standard InChI is InChI=1S/C11H21BF3O/c1-8(2)10-5-4-9(3)6-11(10)16-7-12(13,14)15/h8-11H,4-7H2,1-3H3/q-1/t9-,10+,11-/m1/s1. The molecule has 1 rings (SSSR count). The van der Waals surface area contributed by atoms with Crippen LogP contribution < -0.4 is 0 Å². The van der Waals surface area contributed by atoms with Crippen LogP contribution >= 0.6 is 0 Å². The van der Waals surface area contributed by atoms with E-state index < -0.39 is 13.5 Å². The molecule has 1 aliphatic carbocycles. The minimum Gasteiger partial charge on any atom is -0.447 e. The van der Waals surface area contributed by atoms with E-state index in [0.717, 1.165) is 19.3 Å². The summed E-state index contributed by atoms with van der Waals surface area (Å²) in [7, 11) is 0. The van der Waals surface area contributed by atoms with Crippen molar-refractivity contribution in [2.75, 3.05) is 6.51 Å². The van der Waals surface area contributed by atoms with Crippen LogP contribution in [0.3, 0.4) is 0 Å². The normalized spacial score (nSPS) is 32.1. The third-order valence-corrected chi connectivity index (χ3v) is 3.46. The second-order valence-electron chi connectivity index (χ2n) is 5.41. The SMILES string of the molecule is CC(C)[C@@H]1CC[C@@H](C)C[C@H]1OC[B-](F)(F)F. The monoisotopic (exact) mass is 237 g/mol. The first-order chi connectivity index (χ1) is 7.29. The van der Waals surface area contributed by atoms with E-state index in [1.807, 2.05) is 0 Å². The summed E-state index contributed by atoms with van der Waals surface area (Å²) in [5.41, 5.74) is 0. The molecule has 0 aromatic rings. The van der Waals surface area contributed by atoms with E-state index >= 15 is 0 Å². The molecule has 0 aliphatic heterocycles. The van der Waals surface area contributed by atoms with Gasteiger partial charge in [-0.25, -0.2) is 0 Å². The molecule has 0 bridgehead atoms. The van der Waals surface area contributed by atoms with Gasteiger partial charge in [0.25, 0.3) is 0 Å². The zero-order valence-corrected chi connectivity index (χ0v) is 10.3. The predicted octanol–water partition coefficient (Wildman–Crippen LogP) is 3.85. The van der Waals surface area contributed by atoms with Crippen LogP contribution in [0.1, 0.15) is 40.0 Å². The molecule has 3 atom stereocenters. The Hall–Kier alpha value is -0.185. The van der Waals surface area contributed by atoms with E-state index in [2.05, 4.69) is 20.8 Å². The highest BCUT2D eigenvalue weighted by Gasteiger charge is 2.33. The molecule has 16 heavy (non-hydrogen) atoms. The smallest absolute Gasteiger partial charge is 0.447 e. The molecule has 0 aromatic heterocycles. The van der Waals surface area contributed by atoms with E-state index in [-0.39, 0.29) is 12.0 Å². The molecule has 1 fully saturated rings. The lowest BCUT2D eigenvalue weighted by Gasteiger charge is -2.38. The number of hydrogen-bond acceptors (Lipinski definition) is 1. The van der Waals surface area contributed by atoms with E-state index in [1.54, 1.807) is 0 Å². The highest BCUT2D eigenvalue weighted by Crippen LogP contribution is 2.35. The Kier molecular flexibility index (Phi) is 4.71. The van der Waals surface area contributed by atoms with Gasteiger partial charge in [-0.15, -0.1) is 0 Å². The number of hydrogen-bond donors (Lipinski definition) is 0. The molecule has 1 nitrogen and oxygen atoms in total. The molecular formula is C11H21BF3O-. The van der Waals surface area contributed by atoms with Gasteiger partial charge in [-0.1, -0.05) is 27.2 Å². The summed E-state index contributed by atoms with van der Waals surface area (Å²) >= 11 is 0. The Balaban J connectivity index is 2.51. The molecular weight excluding hydrogens is 216 g/mol. The van der Waals surface area contributed by atoms with Crippen LogP contribution in [0.15, 0.2) is 0 Å². The van der Waals surface area contributed by atoms with Crippen LogP contribution in [-0.2, 0) is 4.74 Å². The topological polar surface area (TPSA) is 9.23 Å². The maximum absolute atomic E-state index is 12.2. The van der Waals surface area contributed by atoms with Crippen molar-refractivity contribution in [1.29, 1.82) is 0 Å². The molecule has 0 saturated heterocycles. The predicted molar refractivity (Wildman–Crippen MR) is 60.2 cm³/mol. The van der Waals surface area contributed by atoms with Crippen molar-refractivity contribution in [3.63, 3.8) is 0 Å². The summed E-state index contributed by atoms with van der Waals surface area (Å²) in [5.74, 6) is 1.17. The van der Waals surface area contributed by atoms with Crippen LogP contribution in [0, 0.1) is 17.8 Å². The van der Waals surface area contributed by atoms with Gasteiger partial charge in [0.1, 0.15) is 0 Å². The maximum atomic E-state index is 12.2. The molecule has 5 heteroatoms. The van der Waals surface area contributed by atoms with Gasteiger partial charge in [-0.3, -0.25) is 0 Å². The third kappa shape index (κ3) is 4.36. The fourth-order valence-corrected chi connectivity index (χ4v) is 2.54. The summed E-state index contributed by atoms with van der Waals surface area (Å²) in [6.45, 7) is 0.368. The fraction of sp³-hybridized carbons (Fsp3) is 1.00. The van der Waals surface area contributed by atoms with Crippen molar-refractivity contribution in [2.24, 2.45) is 17.8 Å². The van der Waals surface area contributed by atoms with Crippen molar-refractivity contribution >= 4 is 6.98 Å². The van der Waals surface area contributed by atoms with Gasteiger partial charge in [0, 0.05) is 6.51 Å². The Bertz CT molecular complexity index is 218. The highest BCUT2D eigenvalue weighted by molar-refractivity contribution is 6.58. The van der Waals surface area contributed by atoms with Crippen LogP contribution in [0.4, 0.5) is 12.9 Å². The van der Waals surface area contributed by atoms with Crippen molar-refractivity contribution in [3.05, 3.63) is 0 Å². The molecule has 0 heterocycles. The Labute approximate surface area is 95.8 Å². The summed E-state index contributed by atoms with van der Waals surface area (Å²) in [4.78, 5) is 0. The lowest BCUT2D eigenvalue weighted by atomic mass is 9.75. The van der Waals surface area contributed by atoms with Gasteiger partial charge >= 0.3 is 6.98 Å². The zero-order valence-electron chi connectivity index (χ0n) is 10.3. The third-order valence-electron chi connectivity index (χ3n) is 3.46. The quantitative estimate of drug-likeness (QED) is 0.674. The average Bonchev–Trinajstić information content (AvgIpc) is 2.13. The first kappa shape index (κ1) is 13.9. The second-order valence-corrected chi connectivity index (χ2v) is 5.41. The summed E-state index contributed by atoms with van der Waals surface area (Å²) in [6, 6.07) is 0. The number of ether oxygens (including phenoxy) is 1. The maximum Gasteiger partial charge on any atom is 0.503 e. The molecule has 0 radical (unpaired) electrons. The van der Waals surface area contributed by atoms with Crippen molar-refractivity contribution in [1.82, 2.24) is 0 Å². The second kappa shape index (κ2) is 5.43. The van der Waals surface area contributed by atoms with Gasteiger partial charge in [-0.05, 0) is 30.6 Å². The minimum absolute atomic E-state index is 0.202. The Morgan fingerprint density at radius 3 is 2.38 bits per heavy atom. The Morgan fingerprint density at radius 2 is 1.88 bits per heavy atom. The van der Waals surface area contributed by atoms with Crippen LogP contribution in [0.2, 0.25) is 0 Å². The molecule has 0 N–H and O–H groups in total. The van der Waals surface area contributed by atoms with Crippen LogP contribution in [-0.4, -0.2) is 19.6 Å². The fourth-order valence-electron chi connectivity index (χ4n) is 2.54. The number of rotatable bonds is 4.